The first-order valence-electron chi connectivity index (χ1n) is 6.35. The minimum atomic E-state index is -0.219. The molecule has 1 aromatic heterocycles. The average Bonchev–Trinajstić information content (AvgIpc) is 2.72. The van der Waals surface area contributed by atoms with Gasteiger partial charge in [-0.2, -0.15) is 0 Å². The van der Waals surface area contributed by atoms with Crippen LogP contribution in [0.4, 0.5) is 0 Å². The maximum atomic E-state index is 6.57. The summed E-state index contributed by atoms with van der Waals surface area (Å²) >= 11 is 0. The second-order valence-electron chi connectivity index (χ2n) is 5.17. The summed E-state index contributed by atoms with van der Waals surface area (Å²) in [6, 6.07) is 6.21. The summed E-state index contributed by atoms with van der Waals surface area (Å²) in [5, 5.41) is 5.15. The van der Waals surface area contributed by atoms with E-state index < -0.39 is 0 Å². The minimum absolute atomic E-state index is 0.219. The molecule has 1 aromatic carbocycles. The number of rotatable bonds is 1. The molecule has 0 amide bonds. The molecule has 1 fully saturated rings. The van der Waals surface area contributed by atoms with Crippen molar-refractivity contribution in [2.45, 2.75) is 44.6 Å². The fourth-order valence-electron chi connectivity index (χ4n) is 2.93. The Balaban J connectivity index is 2.16. The Morgan fingerprint density at radius 2 is 2.00 bits per heavy atom. The molecule has 0 saturated heterocycles. The molecule has 1 aliphatic carbocycles. The number of aromatic nitrogens is 1. The van der Waals surface area contributed by atoms with Crippen LogP contribution < -0.4 is 5.73 Å². The van der Waals surface area contributed by atoms with Gasteiger partial charge < -0.3 is 10.3 Å². The van der Waals surface area contributed by atoms with Gasteiger partial charge in [-0.3, -0.25) is 0 Å². The summed E-state index contributed by atoms with van der Waals surface area (Å²) in [5.74, 6) is 0. The second kappa shape index (κ2) is 3.84. The standard InChI is InChI=1S/C14H18N2O/c1-10-11-6-5-7-12(13(11)17-16-10)14(15)8-3-2-4-9-14/h5-7H,2-4,8-9,15H2,1H3. The lowest BCUT2D eigenvalue weighted by molar-refractivity contribution is 0.299. The number of aryl methyl sites for hydroxylation is 1. The van der Waals surface area contributed by atoms with Gasteiger partial charge in [0.15, 0.2) is 5.58 Å². The fraction of sp³-hybridized carbons (Fsp3) is 0.500. The molecule has 3 heteroatoms. The highest BCUT2D eigenvalue weighted by Crippen LogP contribution is 2.38. The third-order valence-corrected chi connectivity index (χ3v) is 3.96. The molecule has 1 heterocycles. The van der Waals surface area contributed by atoms with Gasteiger partial charge in [0.25, 0.3) is 0 Å². The van der Waals surface area contributed by atoms with Crippen molar-refractivity contribution in [1.29, 1.82) is 0 Å². The van der Waals surface area contributed by atoms with E-state index in [1.54, 1.807) is 0 Å². The van der Waals surface area contributed by atoms with E-state index in [1.165, 1.54) is 19.3 Å². The largest absolute Gasteiger partial charge is 0.356 e. The Bertz CT molecular complexity index is 538. The van der Waals surface area contributed by atoms with Crippen LogP contribution in [-0.4, -0.2) is 5.16 Å². The van der Waals surface area contributed by atoms with E-state index in [0.717, 1.165) is 35.1 Å². The van der Waals surface area contributed by atoms with Gasteiger partial charge in [-0.05, 0) is 25.8 Å². The molecule has 3 nitrogen and oxygen atoms in total. The van der Waals surface area contributed by atoms with Crippen molar-refractivity contribution in [2.75, 3.05) is 0 Å². The first-order chi connectivity index (χ1) is 8.21. The number of para-hydroxylation sites is 1. The van der Waals surface area contributed by atoms with Crippen LogP contribution in [0.1, 0.15) is 43.4 Å². The zero-order valence-electron chi connectivity index (χ0n) is 10.2. The third-order valence-electron chi connectivity index (χ3n) is 3.96. The summed E-state index contributed by atoms with van der Waals surface area (Å²) in [5.41, 5.74) is 9.31. The molecule has 1 aliphatic rings. The van der Waals surface area contributed by atoms with Crippen LogP contribution in [-0.2, 0) is 5.54 Å². The first-order valence-corrected chi connectivity index (χ1v) is 6.35. The van der Waals surface area contributed by atoms with Gasteiger partial charge in [0.2, 0.25) is 0 Å². The highest BCUT2D eigenvalue weighted by atomic mass is 16.5. The summed E-state index contributed by atoms with van der Waals surface area (Å²) in [4.78, 5) is 0. The topological polar surface area (TPSA) is 52.0 Å². The van der Waals surface area contributed by atoms with Crippen LogP contribution in [0.25, 0.3) is 11.0 Å². The van der Waals surface area contributed by atoms with Gasteiger partial charge >= 0.3 is 0 Å². The van der Waals surface area contributed by atoms with E-state index in [9.17, 15) is 0 Å². The van der Waals surface area contributed by atoms with E-state index in [4.69, 9.17) is 10.3 Å². The van der Waals surface area contributed by atoms with Crippen LogP contribution in [0.5, 0.6) is 0 Å². The molecular weight excluding hydrogens is 212 g/mol. The normalized spacial score (nSPS) is 19.6. The van der Waals surface area contributed by atoms with Gasteiger partial charge in [-0.1, -0.05) is 36.6 Å². The van der Waals surface area contributed by atoms with Gasteiger partial charge in [0, 0.05) is 16.5 Å². The van der Waals surface area contributed by atoms with Crippen molar-refractivity contribution < 1.29 is 4.52 Å². The zero-order chi connectivity index (χ0) is 11.9. The van der Waals surface area contributed by atoms with E-state index >= 15 is 0 Å². The Hall–Kier alpha value is -1.35. The molecule has 0 aliphatic heterocycles. The van der Waals surface area contributed by atoms with Gasteiger partial charge in [0.1, 0.15) is 0 Å². The summed E-state index contributed by atoms with van der Waals surface area (Å²) in [6.45, 7) is 1.97. The lowest BCUT2D eigenvalue weighted by Crippen LogP contribution is -2.38. The van der Waals surface area contributed by atoms with Gasteiger partial charge in [-0.25, -0.2) is 0 Å². The number of fused-ring (bicyclic) bond motifs is 1. The molecular formula is C14H18N2O. The van der Waals surface area contributed by atoms with E-state index in [1.807, 2.05) is 6.92 Å². The second-order valence-corrected chi connectivity index (χ2v) is 5.17. The van der Waals surface area contributed by atoms with Crippen molar-refractivity contribution in [3.05, 3.63) is 29.5 Å². The van der Waals surface area contributed by atoms with Crippen LogP contribution in [0, 0.1) is 6.92 Å². The molecule has 0 spiro atoms. The predicted molar refractivity (Wildman–Crippen MR) is 67.7 cm³/mol. The number of nitrogens with zero attached hydrogens (tertiary/aromatic N) is 1. The lowest BCUT2D eigenvalue weighted by atomic mass is 9.77. The van der Waals surface area contributed by atoms with E-state index in [-0.39, 0.29) is 5.54 Å². The summed E-state index contributed by atoms with van der Waals surface area (Å²) < 4.78 is 5.47. The quantitative estimate of drug-likeness (QED) is 0.818. The molecule has 17 heavy (non-hydrogen) atoms. The number of benzene rings is 1. The minimum Gasteiger partial charge on any atom is -0.356 e. The molecule has 90 valence electrons. The molecule has 0 atom stereocenters. The maximum Gasteiger partial charge on any atom is 0.172 e. The van der Waals surface area contributed by atoms with Crippen LogP contribution in [0.15, 0.2) is 22.7 Å². The van der Waals surface area contributed by atoms with Crippen LogP contribution >= 0.6 is 0 Å². The Morgan fingerprint density at radius 1 is 1.24 bits per heavy atom. The molecule has 2 aromatic rings. The smallest absolute Gasteiger partial charge is 0.172 e. The van der Waals surface area contributed by atoms with Crippen LogP contribution in [0.2, 0.25) is 0 Å². The maximum absolute atomic E-state index is 6.57. The number of hydrogen-bond acceptors (Lipinski definition) is 3. The predicted octanol–water partition coefficient (Wildman–Crippen LogP) is 3.25. The van der Waals surface area contributed by atoms with Gasteiger partial charge in [0.05, 0.1) is 5.69 Å². The SMILES string of the molecule is Cc1noc2c(C3(N)CCCCC3)cccc12. The van der Waals surface area contributed by atoms with Crippen molar-refractivity contribution in [3.63, 3.8) is 0 Å². The van der Waals surface area contributed by atoms with E-state index in [0.29, 0.717) is 0 Å². The molecule has 0 bridgehead atoms. The monoisotopic (exact) mass is 230 g/mol. The van der Waals surface area contributed by atoms with Crippen molar-refractivity contribution in [1.82, 2.24) is 5.16 Å². The lowest BCUT2D eigenvalue weighted by Gasteiger charge is -2.33. The van der Waals surface area contributed by atoms with Crippen molar-refractivity contribution in [3.8, 4) is 0 Å². The Kier molecular flexibility index (Phi) is 2.44. The number of hydrogen-bond donors (Lipinski definition) is 1. The summed E-state index contributed by atoms with van der Waals surface area (Å²) in [6.07, 6.45) is 5.81. The highest BCUT2D eigenvalue weighted by Gasteiger charge is 2.32. The molecule has 0 unspecified atom stereocenters. The summed E-state index contributed by atoms with van der Waals surface area (Å²) in [7, 11) is 0. The molecule has 3 rings (SSSR count). The fourth-order valence-corrected chi connectivity index (χ4v) is 2.93. The molecule has 0 radical (unpaired) electrons. The third kappa shape index (κ3) is 1.65. The van der Waals surface area contributed by atoms with Crippen LogP contribution in [0.3, 0.4) is 0 Å². The first kappa shape index (κ1) is 10.8. The average molecular weight is 230 g/mol. The zero-order valence-corrected chi connectivity index (χ0v) is 10.2. The Morgan fingerprint density at radius 3 is 2.76 bits per heavy atom. The molecule has 1 saturated carbocycles. The molecule has 2 N–H and O–H groups in total. The Labute approximate surface area is 101 Å². The van der Waals surface area contributed by atoms with Gasteiger partial charge in [-0.15, -0.1) is 0 Å². The van der Waals surface area contributed by atoms with Crippen molar-refractivity contribution in [2.24, 2.45) is 5.73 Å². The number of nitrogens with two attached hydrogens (primary N) is 1. The highest BCUT2D eigenvalue weighted by molar-refractivity contribution is 5.83. The van der Waals surface area contributed by atoms with Crippen molar-refractivity contribution >= 4 is 11.0 Å². The van der Waals surface area contributed by atoms with E-state index in [2.05, 4.69) is 23.4 Å².